The standard InChI is InChI=1S/C25H26/c1-17-11-10-16-22-23(17)20-14-7-6-12-18(20)19-13-8-9-15-21(19)24(2,3)25(22,4)5/h6-16H,1-5H3. The van der Waals surface area contributed by atoms with E-state index in [0.29, 0.717) is 0 Å². The van der Waals surface area contributed by atoms with E-state index in [2.05, 4.69) is 101 Å². The van der Waals surface area contributed by atoms with Crippen molar-refractivity contribution >= 4 is 0 Å². The van der Waals surface area contributed by atoms with E-state index in [1.807, 2.05) is 0 Å². The molecule has 0 bridgehead atoms. The maximum Gasteiger partial charge on any atom is -0.000558 e. The van der Waals surface area contributed by atoms with Crippen LogP contribution >= 0.6 is 0 Å². The van der Waals surface area contributed by atoms with Crippen molar-refractivity contribution in [1.29, 1.82) is 0 Å². The summed E-state index contributed by atoms with van der Waals surface area (Å²) >= 11 is 0. The molecule has 0 aliphatic heterocycles. The largest absolute Gasteiger partial charge is 0.0619 e. The maximum atomic E-state index is 2.40. The summed E-state index contributed by atoms with van der Waals surface area (Å²) in [7, 11) is 0. The molecule has 0 N–H and O–H groups in total. The Bertz CT molecular complexity index is 957. The van der Waals surface area contributed by atoms with Gasteiger partial charge < -0.3 is 0 Å². The first-order valence-corrected chi connectivity index (χ1v) is 9.15. The minimum absolute atomic E-state index is 0.0119. The Hall–Kier alpha value is -2.34. The third-order valence-corrected chi connectivity index (χ3v) is 6.60. The van der Waals surface area contributed by atoms with Gasteiger partial charge in [0, 0.05) is 0 Å². The van der Waals surface area contributed by atoms with E-state index >= 15 is 0 Å². The summed E-state index contributed by atoms with van der Waals surface area (Å²) in [5.41, 5.74) is 9.73. The first kappa shape index (κ1) is 16.1. The number of fused-ring (bicyclic) bond motifs is 5. The molecule has 0 fully saturated rings. The van der Waals surface area contributed by atoms with E-state index < -0.39 is 0 Å². The number of hydrogen-bond acceptors (Lipinski definition) is 0. The lowest BCUT2D eigenvalue weighted by atomic mass is 9.57. The molecule has 0 amide bonds. The van der Waals surface area contributed by atoms with Crippen LogP contribution in [0.1, 0.15) is 44.4 Å². The van der Waals surface area contributed by atoms with E-state index in [1.54, 1.807) is 0 Å². The van der Waals surface area contributed by atoms with Crippen molar-refractivity contribution in [2.24, 2.45) is 0 Å². The second-order valence-corrected chi connectivity index (χ2v) is 8.34. The van der Waals surface area contributed by atoms with Crippen LogP contribution in [0, 0.1) is 6.92 Å². The van der Waals surface area contributed by atoms with Gasteiger partial charge in [0.25, 0.3) is 0 Å². The minimum Gasteiger partial charge on any atom is -0.0619 e. The fourth-order valence-electron chi connectivity index (χ4n) is 4.42. The molecule has 0 saturated heterocycles. The summed E-state index contributed by atoms with van der Waals surface area (Å²) in [4.78, 5) is 0. The van der Waals surface area contributed by atoms with Crippen LogP contribution < -0.4 is 0 Å². The highest BCUT2D eigenvalue weighted by Crippen LogP contribution is 2.53. The maximum absolute atomic E-state index is 2.40. The molecular weight excluding hydrogens is 300 g/mol. The molecule has 1 aliphatic rings. The predicted molar refractivity (Wildman–Crippen MR) is 108 cm³/mol. The SMILES string of the molecule is Cc1cccc2c1-c1ccccc1-c1ccccc1C(C)(C)C2(C)C. The van der Waals surface area contributed by atoms with Gasteiger partial charge in [0.1, 0.15) is 0 Å². The second-order valence-electron chi connectivity index (χ2n) is 8.34. The molecule has 4 rings (SSSR count). The molecule has 0 saturated carbocycles. The van der Waals surface area contributed by atoms with Gasteiger partial charge in [-0.2, -0.15) is 0 Å². The number of benzene rings is 3. The molecule has 0 atom stereocenters. The summed E-state index contributed by atoms with van der Waals surface area (Å²) in [5.74, 6) is 0. The van der Waals surface area contributed by atoms with Gasteiger partial charge in [0.2, 0.25) is 0 Å². The van der Waals surface area contributed by atoms with E-state index in [9.17, 15) is 0 Å². The summed E-state index contributed by atoms with van der Waals surface area (Å²) < 4.78 is 0. The van der Waals surface area contributed by atoms with Crippen LogP contribution in [-0.2, 0) is 10.8 Å². The van der Waals surface area contributed by atoms with Gasteiger partial charge >= 0.3 is 0 Å². The van der Waals surface area contributed by atoms with Crippen LogP contribution in [0.4, 0.5) is 0 Å². The zero-order valence-electron chi connectivity index (χ0n) is 15.9. The highest BCUT2D eigenvalue weighted by molar-refractivity contribution is 5.89. The molecule has 0 spiro atoms. The van der Waals surface area contributed by atoms with Gasteiger partial charge in [-0.15, -0.1) is 0 Å². The first-order valence-electron chi connectivity index (χ1n) is 9.15. The summed E-state index contributed by atoms with van der Waals surface area (Å²) in [6, 6.07) is 24.6. The smallest absolute Gasteiger partial charge is 0.000558 e. The van der Waals surface area contributed by atoms with Crippen LogP contribution in [0.5, 0.6) is 0 Å². The van der Waals surface area contributed by atoms with Gasteiger partial charge in [-0.25, -0.2) is 0 Å². The van der Waals surface area contributed by atoms with Crippen LogP contribution in [0.2, 0.25) is 0 Å². The normalized spacial score (nSPS) is 16.8. The van der Waals surface area contributed by atoms with Crippen molar-refractivity contribution in [1.82, 2.24) is 0 Å². The van der Waals surface area contributed by atoms with Gasteiger partial charge in [-0.05, 0) is 56.7 Å². The summed E-state index contributed by atoms with van der Waals surface area (Å²) in [6.45, 7) is 11.8. The van der Waals surface area contributed by atoms with E-state index in [4.69, 9.17) is 0 Å². The van der Waals surface area contributed by atoms with Crippen molar-refractivity contribution in [3.05, 3.63) is 83.4 Å². The molecule has 1 aliphatic carbocycles. The van der Waals surface area contributed by atoms with E-state index in [1.165, 1.54) is 38.9 Å². The van der Waals surface area contributed by atoms with Crippen LogP contribution in [0.25, 0.3) is 22.3 Å². The lowest BCUT2D eigenvalue weighted by molar-refractivity contribution is 0.304. The molecule has 3 aromatic rings. The molecular formula is C25H26. The van der Waals surface area contributed by atoms with Crippen LogP contribution in [0.3, 0.4) is 0 Å². The fraction of sp³-hybridized carbons (Fsp3) is 0.280. The highest BCUT2D eigenvalue weighted by Gasteiger charge is 2.43. The predicted octanol–water partition coefficient (Wildman–Crippen LogP) is 6.90. The monoisotopic (exact) mass is 326 g/mol. The third kappa shape index (κ3) is 2.13. The Morgan fingerprint density at radius 1 is 0.520 bits per heavy atom. The molecule has 0 heteroatoms. The second kappa shape index (κ2) is 5.33. The Morgan fingerprint density at radius 3 is 1.76 bits per heavy atom. The lowest BCUT2D eigenvalue weighted by Gasteiger charge is -2.46. The first-order chi connectivity index (χ1) is 11.9. The molecule has 0 nitrogen and oxygen atoms in total. The fourth-order valence-corrected chi connectivity index (χ4v) is 4.42. The number of rotatable bonds is 0. The lowest BCUT2D eigenvalue weighted by Crippen LogP contribution is -2.41. The molecule has 0 unspecified atom stereocenters. The summed E-state index contributed by atoms with van der Waals surface area (Å²) in [5, 5.41) is 0. The number of hydrogen-bond donors (Lipinski definition) is 0. The number of aryl methyl sites for hydroxylation is 1. The Kier molecular flexibility index (Phi) is 3.44. The van der Waals surface area contributed by atoms with Crippen molar-refractivity contribution < 1.29 is 0 Å². The van der Waals surface area contributed by atoms with Gasteiger partial charge in [-0.3, -0.25) is 0 Å². The third-order valence-electron chi connectivity index (χ3n) is 6.60. The minimum atomic E-state index is 0.0119. The van der Waals surface area contributed by atoms with E-state index in [-0.39, 0.29) is 10.8 Å². The topological polar surface area (TPSA) is 0 Å². The average molecular weight is 326 g/mol. The molecule has 0 heterocycles. The summed E-state index contributed by atoms with van der Waals surface area (Å²) in [6.07, 6.45) is 0. The van der Waals surface area contributed by atoms with Crippen molar-refractivity contribution in [2.45, 2.75) is 45.4 Å². The Labute approximate surface area is 151 Å². The average Bonchev–Trinajstić information content (AvgIpc) is 2.60. The molecule has 126 valence electrons. The zero-order chi connectivity index (χ0) is 17.8. The van der Waals surface area contributed by atoms with Crippen LogP contribution in [0.15, 0.2) is 66.7 Å². The zero-order valence-corrected chi connectivity index (χ0v) is 15.9. The van der Waals surface area contributed by atoms with Crippen molar-refractivity contribution in [2.75, 3.05) is 0 Å². The van der Waals surface area contributed by atoms with Crippen LogP contribution in [-0.4, -0.2) is 0 Å². The Morgan fingerprint density at radius 2 is 1.04 bits per heavy atom. The van der Waals surface area contributed by atoms with Gasteiger partial charge in [-0.1, -0.05) is 94.4 Å². The van der Waals surface area contributed by atoms with E-state index in [0.717, 1.165) is 0 Å². The quantitative estimate of drug-likeness (QED) is 0.421. The van der Waals surface area contributed by atoms with Gasteiger partial charge in [0.15, 0.2) is 0 Å². The van der Waals surface area contributed by atoms with Crippen molar-refractivity contribution in [3.63, 3.8) is 0 Å². The molecule has 0 aromatic heterocycles. The molecule has 3 aromatic carbocycles. The molecule has 0 radical (unpaired) electrons. The van der Waals surface area contributed by atoms with Crippen molar-refractivity contribution in [3.8, 4) is 22.3 Å². The van der Waals surface area contributed by atoms with Gasteiger partial charge in [0.05, 0.1) is 0 Å². The highest BCUT2D eigenvalue weighted by atomic mass is 14.5. The molecule has 25 heavy (non-hydrogen) atoms. The Balaban J connectivity index is 2.24.